The molecule has 0 fully saturated rings. The van der Waals surface area contributed by atoms with Crippen LogP contribution in [-0.4, -0.2) is 19.5 Å². The average molecular weight is 192 g/mol. The largest absolute Gasteiger partial charge is 0.374 e. The summed E-state index contributed by atoms with van der Waals surface area (Å²) in [5, 5.41) is 0. The topological polar surface area (TPSA) is 46.3 Å². The Morgan fingerprint density at radius 3 is 2.64 bits per heavy atom. The third kappa shape index (κ3) is 2.25. The van der Waals surface area contributed by atoms with Crippen LogP contribution in [0.5, 0.6) is 0 Å². The highest BCUT2D eigenvalue weighted by atomic mass is 16.1. The minimum Gasteiger partial charge on any atom is -0.374 e. The lowest BCUT2D eigenvalue weighted by Gasteiger charge is -2.20. The molecule has 0 unspecified atom stereocenters. The van der Waals surface area contributed by atoms with Gasteiger partial charge in [-0.1, -0.05) is 19.1 Å². The first-order valence-corrected chi connectivity index (χ1v) is 4.76. The number of nitrogens with zero attached hydrogens (tertiary/aromatic N) is 1. The standard InChI is InChI=1S/C11H16N2O/c1-3-8-13(2)10-7-5-4-6-9(10)11(12)14/h4-7H,3,8H2,1-2H3,(H2,12,14). The van der Waals surface area contributed by atoms with Crippen molar-refractivity contribution in [1.29, 1.82) is 0 Å². The summed E-state index contributed by atoms with van der Waals surface area (Å²) in [6.45, 7) is 3.02. The van der Waals surface area contributed by atoms with E-state index in [1.807, 2.05) is 30.1 Å². The zero-order valence-corrected chi connectivity index (χ0v) is 8.66. The molecule has 1 rings (SSSR count). The maximum atomic E-state index is 11.1. The highest BCUT2D eigenvalue weighted by molar-refractivity contribution is 5.98. The Hall–Kier alpha value is -1.51. The monoisotopic (exact) mass is 192 g/mol. The average Bonchev–Trinajstić information content (AvgIpc) is 2.18. The molecule has 1 aromatic rings. The van der Waals surface area contributed by atoms with Crippen LogP contribution in [-0.2, 0) is 0 Å². The van der Waals surface area contributed by atoms with E-state index in [2.05, 4.69) is 6.92 Å². The van der Waals surface area contributed by atoms with Crippen molar-refractivity contribution in [2.75, 3.05) is 18.5 Å². The van der Waals surface area contributed by atoms with Gasteiger partial charge in [0.15, 0.2) is 0 Å². The second-order valence-electron chi connectivity index (χ2n) is 3.30. The molecular weight excluding hydrogens is 176 g/mol. The molecule has 1 aromatic carbocycles. The molecule has 1 amide bonds. The highest BCUT2D eigenvalue weighted by Crippen LogP contribution is 2.18. The predicted octanol–water partition coefficient (Wildman–Crippen LogP) is 1.63. The maximum absolute atomic E-state index is 11.1. The fraction of sp³-hybridized carbons (Fsp3) is 0.364. The number of carbonyl (C=O) groups excluding carboxylic acids is 1. The molecule has 0 saturated carbocycles. The SMILES string of the molecule is CCCN(C)c1ccccc1C(N)=O. The van der Waals surface area contributed by atoms with Crippen LogP contribution < -0.4 is 10.6 Å². The molecule has 0 aromatic heterocycles. The van der Waals surface area contributed by atoms with Crippen molar-refractivity contribution >= 4 is 11.6 Å². The minimum absolute atomic E-state index is 0.372. The smallest absolute Gasteiger partial charge is 0.250 e. The molecule has 0 aliphatic carbocycles. The molecule has 3 heteroatoms. The number of anilines is 1. The normalized spacial score (nSPS) is 9.86. The van der Waals surface area contributed by atoms with E-state index in [4.69, 9.17) is 5.73 Å². The van der Waals surface area contributed by atoms with Crippen LogP contribution >= 0.6 is 0 Å². The van der Waals surface area contributed by atoms with Gasteiger partial charge in [0.25, 0.3) is 5.91 Å². The summed E-state index contributed by atoms with van der Waals surface area (Å²) < 4.78 is 0. The molecule has 0 spiro atoms. The van der Waals surface area contributed by atoms with Crippen LogP contribution in [0, 0.1) is 0 Å². The highest BCUT2D eigenvalue weighted by Gasteiger charge is 2.09. The van der Waals surface area contributed by atoms with E-state index >= 15 is 0 Å². The van der Waals surface area contributed by atoms with Gasteiger partial charge < -0.3 is 10.6 Å². The summed E-state index contributed by atoms with van der Waals surface area (Å²) >= 11 is 0. The summed E-state index contributed by atoms with van der Waals surface area (Å²) in [4.78, 5) is 13.2. The van der Waals surface area contributed by atoms with Crippen LogP contribution in [0.1, 0.15) is 23.7 Å². The van der Waals surface area contributed by atoms with Crippen LogP contribution in [0.15, 0.2) is 24.3 Å². The van der Waals surface area contributed by atoms with Crippen LogP contribution in [0.4, 0.5) is 5.69 Å². The zero-order chi connectivity index (χ0) is 10.6. The molecule has 2 N–H and O–H groups in total. The van der Waals surface area contributed by atoms with E-state index in [-0.39, 0.29) is 5.91 Å². The second-order valence-corrected chi connectivity index (χ2v) is 3.30. The van der Waals surface area contributed by atoms with Gasteiger partial charge >= 0.3 is 0 Å². The van der Waals surface area contributed by atoms with E-state index in [1.165, 1.54) is 0 Å². The van der Waals surface area contributed by atoms with Gasteiger partial charge in [0, 0.05) is 19.3 Å². The van der Waals surface area contributed by atoms with Crippen molar-refractivity contribution in [1.82, 2.24) is 0 Å². The molecule has 0 heterocycles. The van der Waals surface area contributed by atoms with Gasteiger partial charge in [-0.2, -0.15) is 0 Å². The Bertz CT molecular complexity index is 323. The van der Waals surface area contributed by atoms with Crippen molar-refractivity contribution in [2.45, 2.75) is 13.3 Å². The number of primary amides is 1. The molecule has 76 valence electrons. The number of amides is 1. The summed E-state index contributed by atoms with van der Waals surface area (Å²) in [6, 6.07) is 7.40. The van der Waals surface area contributed by atoms with Crippen molar-refractivity contribution in [3.05, 3.63) is 29.8 Å². The Labute approximate surface area is 84.5 Å². The molecule has 0 atom stereocenters. The summed E-state index contributed by atoms with van der Waals surface area (Å²) in [6.07, 6.45) is 1.05. The number of nitrogens with two attached hydrogens (primary N) is 1. The van der Waals surface area contributed by atoms with Gasteiger partial charge in [-0.3, -0.25) is 4.79 Å². The Morgan fingerprint density at radius 2 is 2.07 bits per heavy atom. The van der Waals surface area contributed by atoms with Crippen LogP contribution in [0.25, 0.3) is 0 Å². The summed E-state index contributed by atoms with van der Waals surface area (Å²) in [7, 11) is 1.96. The van der Waals surface area contributed by atoms with Crippen LogP contribution in [0.3, 0.4) is 0 Å². The van der Waals surface area contributed by atoms with Crippen molar-refractivity contribution < 1.29 is 4.79 Å². The molecule has 0 saturated heterocycles. The number of hydrogen-bond acceptors (Lipinski definition) is 2. The summed E-state index contributed by atoms with van der Waals surface area (Å²) in [5.74, 6) is -0.372. The second kappa shape index (κ2) is 4.65. The first-order chi connectivity index (χ1) is 6.66. The molecule has 0 aliphatic rings. The van der Waals surface area contributed by atoms with Crippen molar-refractivity contribution in [3.63, 3.8) is 0 Å². The molecule has 0 radical (unpaired) electrons. The van der Waals surface area contributed by atoms with E-state index in [9.17, 15) is 4.79 Å². The van der Waals surface area contributed by atoms with E-state index in [0.29, 0.717) is 5.56 Å². The molecule has 3 nitrogen and oxygen atoms in total. The number of para-hydroxylation sites is 1. The lowest BCUT2D eigenvalue weighted by atomic mass is 10.1. The maximum Gasteiger partial charge on any atom is 0.250 e. The minimum atomic E-state index is -0.372. The van der Waals surface area contributed by atoms with Gasteiger partial charge in [0.05, 0.1) is 5.56 Å². The van der Waals surface area contributed by atoms with Gasteiger partial charge in [0.2, 0.25) is 0 Å². The van der Waals surface area contributed by atoms with Gasteiger partial charge in [0.1, 0.15) is 0 Å². The molecular formula is C11H16N2O. The fourth-order valence-electron chi connectivity index (χ4n) is 1.47. The number of hydrogen-bond donors (Lipinski definition) is 1. The predicted molar refractivity (Wildman–Crippen MR) is 58.5 cm³/mol. The summed E-state index contributed by atoms with van der Waals surface area (Å²) in [5.41, 5.74) is 6.77. The number of carbonyl (C=O) groups is 1. The molecule has 0 bridgehead atoms. The van der Waals surface area contributed by atoms with E-state index in [1.54, 1.807) is 6.07 Å². The number of benzene rings is 1. The Kier molecular flexibility index (Phi) is 3.51. The third-order valence-corrected chi connectivity index (χ3v) is 2.14. The third-order valence-electron chi connectivity index (χ3n) is 2.14. The van der Waals surface area contributed by atoms with Gasteiger partial charge in [-0.25, -0.2) is 0 Å². The first-order valence-electron chi connectivity index (χ1n) is 4.76. The van der Waals surface area contributed by atoms with E-state index < -0.39 is 0 Å². The Morgan fingerprint density at radius 1 is 1.43 bits per heavy atom. The molecule has 0 aliphatic heterocycles. The zero-order valence-electron chi connectivity index (χ0n) is 8.66. The molecule has 14 heavy (non-hydrogen) atoms. The van der Waals surface area contributed by atoms with Gasteiger partial charge in [-0.15, -0.1) is 0 Å². The van der Waals surface area contributed by atoms with Gasteiger partial charge in [-0.05, 0) is 18.6 Å². The van der Waals surface area contributed by atoms with Crippen LogP contribution in [0.2, 0.25) is 0 Å². The van der Waals surface area contributed by atoms with Crippen molar-refractivity contribution in [2.24, 2.45) is 5.73 Å². The first kappa shape index (κ1) is 10.6. The number of rotatable bonds is 4. The van der Waals surface area contributed by atoms with Crippen molar-refractivity contribution in [3.8, 4) is 0 Å². The lowest BCUT2D eigenvalue weighted by molar-refractivity contribution is 0.100. The fourth-order valence-corrected chi connectivity index (χ4v) is 1.47. The van der Waals surface area contributed by atoms with E-state index in [0.717, 1.165) is 18.7 Å². The quantitative estimate of drug-likeness (QED) is 0.788. The Balaban J connectivity index is 3.00. The lowest BCUT2D eigenvalue weighted by Crippen LogP contribution is -2.22.